The normalized spacial score (nSPS) is 12.4. The highest BCUT2D eigenvalue weighted by molar-refractivity contribution is 6.07. The number of nitrogens with zero attached hydrogens (tertiary/aromatic N) is 6. The lowest BCUT2D eigenvalue weighted by atomic mass is 10.1. The van der Waals surface area contributed by atoms with E-state index >= 15 is 0 Å². The quantitative estimate of drug-likeness (QED) is 0.559. The van der Waals surface area contributed by atoms with E-state index in [9.17, 15) is 4.79 Å². The van der Waals surface area contributed by atoms with E-state index in [0.717, 1.165) is 17.8 Å². The average molecular weight is 393 g/mol. The molecule has 0 aromatic carbocycles. The molecule has 29 heavy (non-hydrogen) atoms. The topological polar surface area (TPSA) is 104 Å². The Labute approximate surface area is 167 Å². The number of aromatic nitrogens is 6. The largest absolute Gasteiger partial charge is 0.345 e. The molecule has 1 atom stereocenters. The first-order valence-corrected chi connectivity index (χ1v) is 9.49. The molecule has 0 saturated heterocycles. The highest BCUT2D eigenvalue weighted by atomic mass is 16.5. The molecule has 0 saturated carbocycles. The first kappa shape index (κ1) is 18.9. The minimum Gasteiger partial charge on any atom is -0.345 e. The van der Waals surface area contributed by atoms with Crippen molar-refractivity contribution in [3.05, 3.63) is 47.0 Å². The van der Waals surface area contributed by atoms with Crippen LogP contribution in [0.5, 0.6) is 0 Å². The predicted molar refractivity (Wildman–Crippen MR) is 107 cm³/mol. The summed E-state index contributed by atoms with van der Waals surface area (Å²) in [5.74, 6) is -0.226. The first-order valence-electron chi connectivity index (χ1n) is 9.49. The monoisotopic (exact) mass is 393 g/mol. The summed E-state index contributed by atoms with van der Waals surface area (Å²) >= 11 is 0. The van der Waals surface area contributed by atoms with E-state index in [1.807, 2.05) is 40.1 Å². The van der Waals surface area contributed by atoms with Gasteiger partial charge >= 0.3 is 0 Å². The van der Waals surface area contributed by atoms with Gasteiger partial charge in [0.15, 0.2) is 0 Å². The van der Waals surface area contributed by atoms with E-state index in [0.29, 0.717) is 33.7 Å². The molecule has 4 heterocycles. The highest BCUT2D eigenvalue weighted by Crippen LogP contribution is 2.27. The molecule has 0 radical (unpaired) electrons. The van der Waals surface area contributed by atoms with Crippen LogP contribution in [0.4, 0.5) is 0 Å². The van der Waals surface area contributed by atoms with E-state index in [2.05, 4.69) is 25.7 Å². The zero-order valence-electron chi connectivity index (χ0n) is 17.1. The number of rotatable bonds is 5. The van der Waals surface area contributed by atoms with Gasteiger partial charge in [0.25, 0.3) is 11.6 Å². The van der Waals surface area contributed by atoms with Crippen LogP contribution in [0.3, 0.4) is 0 Å². The molecular formula is C20H23N7O2. The summed E-state index contributed by atoms with van der Waals surface area (Å²) < 4.78 is 8.95. The van der Waals surface area contributed by atoms with E-state index in [4.69, 9.17) is 4.52 Å². The smallest absolute Gasteiger partial charge is 0.259 e. The molecule has 4 rings (SSSR count). The number of carbonyl (C=O) groups excluding carboxylic acids is 1. The van der Waals surface area contributed by atoms with Gasteiger partial charge in [0.05, 0.1) is 34.6 Å². The molecule has 0 aliphatic heterocycles. The first-order chi connectivity index (χ1) is 13.9. The predicted octanol–water partition coefficient (Wildman–Crippen LogP) is 2.95. The van der Waals surface area contributed by atoms with Gasteiger partial charge in [-0.3, -0.25) is 14.2 Å². The number of carbonyl (C=O) groups is 1. The molecule has 0 spiro atoms. The molecule has 9 heteroatoms. The third-order valence-electron chi connectivity index (χ3n) is 5.18. The third kappa shape index (κ3) is 3.28. The van der Waals surface area contributed by atoms with Gasteiger partial charge in [0.2, 0.25) is 0 Å². The van der Waals surface area contributed by atoms with E-state index < -0.39 is 0 Å². The van der Waals surface area contributed by atoms with Crippen molar-refractivity contribution in [3.8, 4) is 11.4 Å². The number of hydrogen-bond acceptors (Lipinski definition) is 6. The van der Waals surface area contributed by atoms with Crippen molar-refractivity contribution in [1.29, 1.82) is 0 Å². The molecule has 0 aliphatic rings. The van der Waals surface area contributed by atoms with Crippen molar-refractivity contribution in [2.75, 3.05) is 0 Å². The van der Waals surface area contributed by atoms with Gasteiger partial charge in [0, 0.05) is 31.0 Å². The van der Waals surface area contributed by atoms with E-state index in [1.165, 1.54) is 0 Å². The Bertz CT molecular complexity index is 1200. The minimum absolute atomic E-state index is 0.206. The van der Waals surface area contributed by atoms with Crippen LogP contribution in [0.25, 0.3) is 22.5 Å². The second kappa shape index (κ2) is 7.16. The van der Waals surface area contributed by atoms with Gasteiger partial charge in [-0.25, -0.2) is 4.98 Å². The van der Waals surface area contributed by atoms with Crippen LogP contribution in [0, 0.1) is 13.8 Å². The number of nitrogens with one attached hydrogen (secondary N) is 1. The molecule has 0 aliphatic carbocycles. The second-order valence-electron chi connectivity index (χ2n) is 7.06. The Balaban J connectivity index is 1.74. The maximum Gasteiger partial charge on any atom is 0.259 e. The summed E-state index contributed by atoms with van der Waals surface area (Å²) in [4.78, 5) is 17.7. The molecule has 4 aromatic heterocycles. The summed E-state index contributed by atoms with van der Waals surface area (Å²) in [7, 11) is 1.88. The van der Waals surface area contributed by atoms with Crippen LogP contribution < -0.4 is 5.32 Å². The summed E-state index contributed by atoms with van der Waals surface area (Å²) in [6, 6.07) is 3.40. The molecule has 4 aromatic rings. The molecule has 0 fully saturated rings. The van der Waals surface area contributed by atoms with Crippen LogP contribution >= 0.6 is 0 Å². The van der Waals surface area contributed by atoms with Gasteiger partial charge < -0.3 is 9.84 Å². The number of amides is 1. The Morgan fingerprint density at radius 3 is 2.76 bits per heavy atom. The maximum atomic E-state index is 13.2. The summed E-state index contributed by atoms with van der Waals surface area (Å²) in [6.45, 7) is 8.46. The van der Waals surface area contributed by atoms with Crippen LogP contribution in [-0.2, 0) is 13.6 Å². The van der Waals surface area contributed by atoms with Crippen LogP contribution in [0.1, 0.15) is 47.2 Å². The lowest BCUT2D eigenvalue weighted by molar-refractivity contribution is 0.0941. The van der Waals surface area contributed by atoms with Gasteiger partial charge in [-0.05, 0) is 39.8 Å². The standard InChI is InChI=1S/C20H23N7O2/c1-6-27-8-7-16(24-27)17-9-14(18-12(3)25-29-20(18)23-17)19(28)22-11(2)15-10-21-26(5)13(15)4/h7-11H,6H2,1-5H3,(H,22,28)/t11-/m1/s1. The number of pyridine rings is 1. The van der Waals surface area contributed by atoms with Crippen molar-refractivity contribution >= 4 is 17.0 Å². The highest BCUT2D eigenvalue weighted by Gasteiger charge is 2.22. The average Bonchev–Trinajstić information content (AvgIpc) is 3.41. The fourth-order valence-corrected chi connectivity index (χ4v) is 3.37. The molecule has 150 valence electrons. The van der Waals surface area contributed by atoms with Crippen molar-refractivity contribution in [1.82, 2.24) is 35.0 Å². The van der Waals surface area contributed by atoms with Crippen molar-refractivity contribution in [2.24, 2.45) is 7.05 Å². The summed E-state index contributed by atoms with van der Waals surface area (Å²) in [5.41, 5.74) is 4.61. The lowest BCUT2D eigenvalue weighted by Gasteiger charge is -2.14. The number of fused-ring (bicyclic) bond motifs is 1. The fourth-order valence-electron chi connectivity index (χ4n) is 3.37. The Hall–Kier alpha value is -3.49. The lowest BCUT2D eigenvalue weighted by Crippen LogP contribution is -2.27. The molecular weight excluding hydrogens is 370 g/mol. The van der Waals surface area contributed by atoms with Crippen molar-refractivity contribution in [2.45, 2.75) is 40.3 Å². The van der Waals surface area contributed by atoms with Gasteiger partial charge in [0.1, 0.15) is 5.69 Å². The van der Waals surface area contributed by atoms with Crippen LogP contribution in [-0.4, -0.2) is 35.6 Å². The molecule has 0 unspecified atom stereocenters. The molecule has 1 amide bonds. The van der Waals surface area contributed by atoms with Crippen LogP contribution in [0.15, 0.2) is 29.0 Å². The summed E-state index contributed by atoms with van der Waals surface area (Å²) in [6.07, 6.45) is 3.65. The fraction of sp³-hybridized carbons (Fsp3) is 0.350. The van der Waals surface area contributed by atoms with Gasteiger partial charge in [-0.1, -0.05) is 5.16 Å². The molecule has 0 bridgehead atoms. The second-order valence-corrected chi connectivity index (χ2v) is 7.06. The SMILES string of the molecule is CCn1ccc(-c2cc(C(=O)N[C@H](C)c3cnn(C)c3C)c3c(C)noc3n2)n1. The zero-order valence-corrected chi connectivity index (χ0v) is 17.1. The van der Waals surface area contributed by atoms with E-state index in [-0.39, 0.29) is 11.9 Å². The maximum absolute atomic E-state index is 13.2. The number of aryl methyl sites for hydroxylation is 3. The van der Waals surface area contributed by atoms with Gasteiger partial charge in [-0.15, -0.1) is 0 Å². The molecule has 1 N–H and O–H groups in total. The third-order valence-corrected chi connectivity index (χ3v) is 5.18. The van der Waals surface area contributed by atoms with Crippen molar-refractivity contribution in [3.63, 3.8) is 0 Å². The minimum atomic E-state index is -0.226. The molecule has 9 nitrogen and oxygen atoms in total. The Kier molecular flexibility index (Phi) is 4.65. The number of hydrogen-bond donors (Lipinski definition) is 1. The van der Waals surface area contributed by atoms with Crippen LogP contribution in [0.2, 0.25) is 0 Å². The summed E-state index contributed by atoms with van der Waals surface area (Å²) in [5, 5.41) is 16.4. The van der Waals surface area contributed by atoms with Crippen molar-refractivity contribution < 1.29 is 9.32 Å². The zero-order chi connectivity index (χ0) is 20.7. The Morgan fingerprint density at radius 2 is 2.10 bits per heavy atom. The Morgan fingerprint density at radius 1 is 1.31 bits per heavy atom. The van der Waals surface area contributed by atoms with E-state index in [1.54, 1.807) is 28.6 Å². The van der Waals surface area contributed by atoms with Gasteiger partial charge in [-0.2, -0.15) is 10.2 Å².